The number of hydrogen-bond acceptors (Lipinski definition) is 7. The second-order valence-corrected chi connectivity index (χ2v) is 5.41. The number of carbonyl (C=O) groups excluding carboxylic acids is 2. The van der Waals surface area contributed by atoms with Crippen LogP contribution in [0.2, 0.25) is 0 Å². The molecule has 0 atom stereocenters. The number of likely N-dealkylation sites (N-methyl/N-ethyl adjacent to an activating group) is 1. The molecule has 1 rings (SSSR count). The summed E-state index contributed by atoms with van der Waals surface area (Å²) in [5.74, 6) is -0.578. The summed E-state index contributed by atoms with van der Waals surface area (Å²) in [6.07, 6.45) is 2.53. The number of carbonyl (C=O) groups is 2. The zero-order chi connectivity index (χ0) is 17.6. The van der Waals surface area contributed by atoms with E-state index in [1.807, 2.05) is 14.1 Å². The molecule has 0 radical (unpaired) electrons. The molecule has 0 bridgehead atoms. The van der Waals surface area contributed by atoms with Crippen molar-refractivity contribution < 1.29 is 28.5 Å². The van der Waals surface area contributed by atoms with E-state index in [1.54, 1.807) is 0 Å². The Balaban J connectivity index is 1.76. The lowest BCUT2D eigenvalue weighted by Gasteiger charge is -2.13. The molecule has 1 heterocycles. The highest BCUT2D eigenvalue weighted by atomic mass is 16.6. The summed E-state index contributed by atoms with van der Waals surface area (Å²) >= 11 is 0. The van der Waals surface area contributed by atoms with Crippen LogP contribution in [-0.2, 0) is 28.5 Å². The van der Waals surface area contributed by atoms with Gasteiger partial charge in [-0.2, -0.15) is 0 Å². The fourth-order valence-electron chi connectivity index (χ4n) is 1.82. The summed E-state index contributed by atoms with van der Waals surface area (Å²) in [6.45, 7) is 5.19. The Kier molecular flexibility index (Phi) is 11.2. The molecule has 0 saturated carbocycles. The van der Waals surface area contributed by atoms with Crippen LogP contribution in [0.5, 0.6) is 0 Å². The highest BCUT2D eigenvalue weighted by molar-refractivity contribution is 6.12. The maximum absolute atomic E-state index is 11.3. The van der Waals surface area contributed by atoms with E-state index in [0.29, 0.717) is 52.9 Å². The zero-order valence-corrected chi connectivity index (χ0v) is 14.6. The van der Waals surface area contributed by atoms with Gasteiger partial charge in [-0.05, 0) is 14.1 Å². The van der Waals surface area contributed by atoms with Gasteiger partial charge in [-0.1, -0.05) is 0 Å². The Morgan fingerprint density at radius 1 is 0.750 bits per heavy atom. The predicted octanol–water partition coefficient (Wildman–Crippen LogP) is -0.461. The molecule has 1 aliphatic heterocycles. The van der Waals surface area contributed by atoms with Crippen molar-refractivity contribution in [2.24, 2.45) is 0 Å². The summed E-state index contributed by atoms with van der Waals surface area (Å²) in [5.41, 5.74) is 0. The Morgan fingerprint density at radius 3 is 1.62 bits per heavy atom. The van der Waals surface area contributed by atoms with Crippen molar-refractivity contribution >= 4 is 11.8 Å². The highest BCUT2D eigenvalue weighted by Crippen LogP contribution is 2.02. The van der Waals surface area contributed by atoms with Crippen molar-refractivity contribution in [1.82, 2.24) is 9.80 Å². The number of rotatable bonds is 15. The first-order valence-electron chi connectivity index (χ1n) is 8.10. The van der Waals surface area contributed by atoms with Gasteiger partial charge in [-0.3, -0.25) is 14.5 Å². The summed E-state index contributed by atoms with van der Waals surface area (Å²) in [4.78, 5) is 25.8. The van der Waals surface area contributed by atoms with Crippen LogP contribution in [0.25, 0.3) is 0 Å². The van der Waals surface area contributed by atoms with Gasteiger partial charge >= 0.3 is 0 Å². The topological polar surface area (TPSA) is 77.5 Å². The third kappa shape index (κ3) is 9.74. The molecule has 1 aliphatic rings. The minimum Gasteiger partial charge on any atom is -0.378 e. The standard InChI is InChI=1S/C16H28N2O6/c1-17(2)5-7-21-9-11-23-13-14-24-12-10-22-8-6-18-15(19)3-4-16(18)20/h3-4H,5-14H2,1-2H3. The summed E-state index contributed by atoms with van der Waals surface area (Å²) in [7, 11) is 4.01. The second kappa shape index (κ2) is 13.0. The minimum absolute atomic E-state index is 0.265. The van der Waals surface area contributed by atoms with E-state index in [-0.39, 0.29) is 18.4 Å². The Morgan fingerprint density at radius 2 is 1.17 bits per heavy atom. The quantitative estimate of drug-likeness (QED) is 0.294. The third-order valence-electron chi connectivity index (χ3n) is 3.16. The predicted molar refractivity (Wildman–Crippen MR) is 87.7 cm³/mol. The number of nitrogens with zero attached hydrogens (tertiary/aromatic N) is 2. The molecule has 0 fully saturated rings. The smallest absolute Gasteiger partial charge is 0.253 e. The van der Waals surface area contributed by atoms with E-state index in [1.165, 1.54) is 12.2 Å². The molecule has 0 spiro atoms. The van der Waals surface area contributed by atoms with Crippen LogP contribution in [0.1, 0.15) is 0 Å². The number of imide groups is 1. The van der Waals surface area contributed by atoms with Crippen LogP contribution in [0.4, 0.5) is 0 Å². The molecule has 24 heavy (non-hydrogen) atoms. The molecule has 0 N–H and O–H groups in total. The molecular formula is C16H28N2O6. The lowest BCUT2D eigenvalue weighted by Crippen LogP contribution is -2.33. The van der Waals surface area contributed by atoms with Crippen molar-refractivity contribution in [3.8, 4) is 0 Å². The first-order valence-corrected chi connectivity index (χ1v) is 8.10. The van der Waals surface area contributed by atoms with Gasteiger partial charge in [0, 0.05) is 18.7 Å². The van der Waals surface area contributed by atoms with Crippen molar-refractivity contribution in [3.05, 3.63) is 12.2 Å². The Hall–Kier alpha value is -1.32. The van der Waals surface area contributed by atoms with Crippen LogP contribution >= 0.6 is 0 Å². The van der Waals surface area contributed by atoms with Gasteiger partial charge in [0.25, 0.3) is 11.8 Å². The summed E-state index contributed by atoms with van der Waals surface area (Å²) < 4.78 is 21.4. The van der Waals surface area contributed by atoms with Gasteiger partial charge in [0.05, 0.1) is 59.4 Å². The van der Waals surface area contributed by atoms with Crippen molar-refractivity contribution in [1.29, 1.82) is 0 Å². The van der Waals surface area contributed by atoms with Crippen molar-refractivity contribution in [2.75, 3.05) is 80.0 Å². The molecule has 8 heteroatoms. The first kappa shape index (κ1) is 20.7. The van der Waals surface area contributed by atoms with E-state index in [2.05, 4.69) is 4.90 Å². The highest BCUT2D eigenvalue weighted by Gasteiger charge is 2.22. The number of hydrogen-bond donors (Lipinski definition) is 0. The number of ether oxygens (including phenoxy) is 4. The Bertz CT molecular complexity index is 382. The van der Waals surface area contributed by atoms with Crippen molar-refractivity contribution in [2.45, 2.75) is 0 Å². The van der Waals surface area contributed by atoms with Gasteiger partial charge in [0.15, 0.2) is 0 Å². The normalized spacial score (nSPS) is 14.4. The van der Waals surface area contributed by atoms with Crippen molar-refractivity contribution in [3.63, 3.8) is 0 Å². The summed E-state index contributed by atoms with van der Waals surface area (Å²) in [6, 6.07) is 0. The van der Waals surface area contributed by atoms with E-state index >= 15 is 0 Å². The molecule has 0 saturated heterocycles. The molecule has 0 unspecified atom stereocenters. The van der Waals surface area contributed by atoms with Gasteiger partial charge in [-0.25, -0.2) is 0 Å². The largest absolute Gasteiger partial charge is 0.378 e. The van der Waals surface area contributed by atoms with Gasteiger partial charge in [0.2, 0.25) is 0 Å². The van der Waals surface area contributed by atoms with E-state index < -0.39 is 0 Å². The molecule has 0 aromatic heterocycles. The lowest BCUT2D eigenvalue weighted by atomic mass is 10.5. The monoisotopic (exact) mass is 344 g/mol. The fourth-order valence-corrected chi connectivity index (χ4v) is 1.82. The molecule has 2 amide bonds. The molecule has 0 aromatic rings. The molecular weight excluding hydrogens is 316 g/mol. The molecule has 138 valence electrons. The molecule has 8 nitrogen and oxygen atoms in total. The summed E-state index contributed by atoms with van der Waals surface area (Å²) in [5, 5.41) is 0. The molecule has 0 aliphatic carbocycles. The fraction of sp³-hybridized carbons (Fsp3) is 0.750. The first-order chi connectivity index (χ1) is 11.6. The minimum atomic E-state index is -0.289. The third-order valence-corrected chi connectivity index (χ3v) is 3.16. The number of amides is 2. The van der Waals surface area contributed by atoms with Gasteiger partial charge < -0.3 is 23.8 Å². The van der Waals surface area contributed by atoms with Crippen LogP contribution in [0, 0.1) is 0 Å². The van der Waals surface area contributed by atoms with E-state index in [9.17, 15) is 9.59 Å². The average Bonchev–Trinajstić information content (AvgIpc) is 2.86. The van der Waals surface area contributed by atoms with Crippen LogP contribution in [-0.4, -0.2) is 102 Å². The second-order valence-electron chi connectivity index (χ2n) is 5.41. The average molecular weight is 344 g/mol. The van der Waals surface area contributed by atoms with E-state index in [0.717, 1.165) is 11.4 Å². The van der Waals surface area contributed by atoms with Crippen LogP contribution in [0.3, 0.4) is 0 Å². The van der Waals surface area contributed by atoms with Gasteiger partial charge in [-0.15, -0.1) is 0 Å². The van der Waals surface area contributed by atoms with Crippen LogP contribution < -0.4 is 0 Å². The maximum Gasteiger partial charge on any atom is 0.253 e. The zero-order valence-electron chi connectivity index (χ0n) is 14.6. The van der Waals surface area contributed by atoms with Crippen LogP contribution in [0.15, 0.2) is 12.2 Å². The van der Waals surface area contributed by atoms with E-state index in [4.69, 9.17) is 18.9 Å². The maximum atomic E-state index is 11.3. The Labute approximate surface area is 143 Å². The SMILES string of the molecule is CN(C)CCOCCOCCOCCOCCN1C(=O)C=CC1=O. The lowest BCUT2D eigenvalue weighted by molar-refractivity contribution is -0.137. The molecule has 0 aromatic carbocycles. The van der Waals surface area contributed by atoms with Gasteiger partial charge in [0.1, 0.15) is 0 Å².